The summed E-state index contributed by atoms with van der Waals surface area (Å²) in [4.78, 5) is 16.3. The van der Waals surface area contributed by atoms with E-state index in [2.05, 4.69) is 4.90 Å². The van der Waals surface area contributed by atoms with Crippen LogP contribution in [0, 0.1) is 0 Å². The number of ether oxygens (including phenoxy) is 1. The summed E-state index contributed by atoms with van der Waals surface area (Å²) in [5, 5.41) is 0. The van der Waals surface area contributed by atoms with Crippen molar-refractivity contribution in [2.24, 2.45) is 5.73 Å². The first-order chi connectivity index (χ1) is 9.19. The normalized spacial score (nSPS) is 17.8. The van der Waals surface area contributed by atoms with Crippen LogP contribution in [0.1, 0.15) is 32.6 Å². The number of hydrogen-bond donors (Lipinski definition) is 1. The van der Waals surface area contributed by atoms with Gasteiger partial charge in [-0.05, 0) is 33.2 Å². The van der Waals surface area contributed by atoms with Crippen molar-refractivity contribution in [1.82, 2.24) is 9.80 Å². The second-order valence-electron chi connectivity index (χ2n) is 5.21. The molecule has 1 unspecified atom stereocenters. The Labute approximate surface area is 117 Å². The number of piperidine rings is 1. The average molecular weight is 271 g/mol. The first kappa shape index (κ1) is 16.4. The molecular weight excluding hydrogens is 242 g/mol. The maximum absolute atomic E-state index is 12.2. The number of rotatable bonds is 8. The van der Waals surface area contributed by atoms with E-state index in [1.165, 1.54) is 6.42 Å². The van der Waals surface area contributed by atoms with Gasteiger partial charge in [0.1, 0.15) is 0 Å². The lowest BCUT2D eigenvalue weighted by Gasteiger charge is -2.31. The number of nitrogens with two attached hydrogens (primary N) is 1. The fourth-order valence-electron chi connectivity index (χ4n) is 2.43. The summed E-state index contributed by atoms with van der Waals surface area (Å²) in [6, 6.07) is 0.120. The fraction of sp³-hybridized carbons (Fsp3) is 0.929. The summed E-state index contributed by atoms with van der Waals surface area (Å²) in [6.07, 6.45) is 4.05. The van der Waals surface area contributed by atoms with Crippen molar-refractivity contribution < 1.29 is 9.53 Å². The average Bonchev–Trinajstić information content (AvgIpc) is 2.45. The van der Waals surface area contributed by atoms with Crippen LogP contribution in [0.4, 0.5) is 0 Å². The molecule has 1 aliphatic heterocycles. The fourth-order valence-corrected chi connectivity index (χ4v) is 2.43. The van der Waals surface area contributed by atoms with Gasteiger partial charge in [0.2, 0.25) is 5.91 Å². The van der Waals surface area contributed by atoms with Crippen molar-refractivity contribution in [3.8, 4) is 0 Å². The molecule has 1 amide bonds. The molecule has 1 aliphatic rings. The van der Waals surface area contributed by atoms with Gasteiger partial charge in [0.15, 0.2) is 0 Å². The first-order valence-electron chi connectivity index (χ1n) is 7.44. The van der Waals surface area contributed by atoms with Crippen molar-refractivity contribution in [1.29, 1.82) is 0 Å². The molecule has 112 valence electrons. The van der Waals surface area contributed by atoms with E-state index in [-0.39, 0.29) is 11.9 Å². The van der Waals surface area contributed by atoms with E-state index in [9.17, 15) is 4.79 Å². The Morgan fingerprint density at radius 2 is 2.05 bits per heavy atom. The Balaban J connectivity index is 2.34. The van der Waals surface area contributed by atoms with Crippen LogP contribution in [0.15, 0.2) is 0 Å². The molecule has 5 heteroatoms. The number of amides is 1. The van der Waals surface area contributed by atoms with Crippen LogP contribution in [0.3, 0.4) is 0 Å². The van der Waals surface area contributed by atoms with Crippen LogP contribution in [0.25, 0.3) is 0 Å². The van der Waals surface area contributed by atoms with Crippen LogP contribution in [-0.2, 0) is 9.53 Å². The molecule has 0 aromatic carbocycles. The third kappa shape index (κ3) is 5.89. The zero-order valence-corrected chi connectivity index (χ0v) is 12.4. The third-order valence-electron chi connectivity index (χ3n) is 3.81. The van der Waals surface area contributed by atoms with Crippen LogP contribution in [0.2, 0.25) is 0 Å². The Morgan fingerprint density at radius 3 is 2.63 bits per heavy atom. The molecule has 0 bridgehead atoms. The van der Waals surface area contributed by atoms with Crippen molar-refractivity contribution in [2.45, 2.75) is 38.6 Å². The molecule has 0 aromatic heterocycles. The Morgan fingerprint density at radius 1 is 1.37 bits per heavy atom. The minimum Gasteiger partial charge on any atom is -0.380 e. The monoisotopic (exact) mass is 271 g/mol. The van der Waals surface area contributed by atoms with Gasteiger partial charge in [-0.2, -0.15) is 0 Å². The van der Waals surface area contributed by atoms with Crippen LogP contribution in [-0.4, -0.2) is 68.2 Å². The first-order valence-corrected chi connectivity index (χ1v) is 7.44. The highest BCUT2D eigenvalue weighted by Gasteiger charge is 2.22. The molecule has 1 heterocycles. The van der Waals surface area contributed by atoms with Crippen molar-refractivity contribution >= 4 is 5.91 Å². The van der Waals surface area contributed by atoms with Crippen molar-refractivity contribution in [3.63, 3.8) is 0 Å². The van der Waals surface area contributed by atoms with Gasteiger partial charge in [0, 0.05) is 45.2 Å². The predicted molar refractivity (Wildman–Crippen MR) is 77.0 cm³/mol. The van der Waals surface area contributed by atoms with E-state index >= 15 is 0 Å². The van der Waals surface area contributed by atoms with Gasteiger partial charge in [-0.3, -0.25) is 9.69 Å². The SMILES string of the molecule is CCOCCN(C)C(CN)CC(=O)N1CCCCC1. The van der Waals surface area contributed by atoms with Gasteiger partial charge in [-0.15, -0.1) is 0 Å². The Kier molecular flexibility index (Phi) is 8.02. The quantitative estimate of drug-likeness (QED) is 0.660. The summed E-state index contributed by atoms with van der Waals surface area (Å²) in [5.74, 6) is 0.249. The highest BCUT2D eigenvalue weighted by Crippen LogP contribution is 2.12. The molecule has 2 N–H and O–H groups in total. The van der Waals surface area contributed by atoms with Gasteiger partial charge < -0.3 is 15.4 Å². The standard InChI is InChI=1S/C14H29N3O2/c1-3-19-10-9-16(2)13(12-15)11-14(18)17-7-5-4-6-8-17/h13H,3-12,15H2,1-2H3. The van der Waals surface area contributed by atoms with Gasteiger partial charge in [0.25, 0.3) is 0 Å². The van der Waals surface area contributed by atoms with E-state index in [0.29, 0.717) is 19.6 Å². The second-order valence-corrected chi connectivity index (χ2v) is 5.21. The van der Waals surface area contributed by atoms with Gasteiger partial charge in [-0.25, -0.2) is 0 Å². The van der Waals surface area contributed by atoms with Crippen LogP contribution >= 0.6 is 0 Å². The lowest BCUT2D eigenvalue weighted by atomic mass is 10.1. The maximum Gasteiger partial charge on any atom is 0.224 e. The van der Waals surface area contributed by atoms with E-state index in [4.69, 9.17) is 10.5 Å². The Hall–Kier alpha value is -0.650. The molecule has 19 heavy (non-hydrogen) atoms. The van der Waals surface area contributed by atoms with Gasteiger partial charge >= 0.3 is 0 Å². The minimum atomic E-state index is 0.120. The number of nitrogens with zero attached hydrogens (tertiary/aromatic N) is 2. The van der Waals surface area contributed by atoms with E-state index < -0.39 is 0 Å². The summed E-state index contributed by atoms with van der Waals surface area (Å²) >= 11 is 0. The molecule has 1 saturated heterocycles. The second kappa shape index (κ2) is 9.28. The van der Waals surface area contributed by atoms with Gasteiger partial charge in [0.05, 0.1) is 6.61 Å². The number of carbonyl (C=O) groups excluding carboxylic acids is 1. The lowest BCUT2D eigenvalue weighted by molar-refractivity contribution is -0.133. The molecule has 0 saturated carbocycles. The summed E-state index contributed by atoms with van der Waals surface area (Å²) in [7, 11) is 2.01. The molecular formula is C14H29N3O2. The number of carbonyl (C=O) groups is 1. The summed E-state index contributed by atoms with van der Waals surface area (Å²) in [6.45, 7) is 6.58. The minimum absolute atomic E-state index is 0.120. The molecule has 0 aromatic rings. The maximum atomic E-state index is 12.2. The third-order valence-corrected chi connectivity index (χ3v) is 3.81. The molecule has 0 radical (unpaired) electrons. The largest absolute Gasteiger partial charge is 0.380 e. The zero-order chi connectivity index (χ0) is 14.1. The lowest BCUT2D eigenvalue weighted by Crippen LogP contribution is -2.45. The number of likely N-dealkylation sites (N-methyl/N-ethyl adjacent to an activating group) is 1. The van der Waals surface area contributed by atoms with Crippen molar-refractivity contribution in [3.05, 3.63) is 0 Å². The van der Waals surface area contributed by atoms with E-state index in [1.54, 1.807) is 0 Å². The van der Waals surface area contributed by atoms with E-state index in [1.807, 2.05) is 18.9 Å². The molecule has 0 aliphatic carbocycles. The zero-order valence-electron chi connectivity index (χ0n) is 12.4. The Bertz CT molecular complexity index is 255. The molecule has 0 spiro atoms. The summed E-state index contributed by atoms with van der Waals surface area (Å²) in [5.41, 5.74) is 5.80. The predicted octanol–water partition coefficient (Wildman–Crippen LogP) is 0.685. The van der Waals surface area contributed by atoms with Gasteiger partial charge in [-0.1, -0.05) is 0 Å². The van der Waals surface area contributed by atoms with Crippen LogP contribution < -0.4 is 5.73 Å². The smallest absolute Gasteiger partial charge is 0.224 e. The topological polar surface area (TPSA) is 58.8 Å². The highest BCUT2D eigenvalue weighted by molar-refractivity contribution is 5.76. The highest BCUT2D eigenvalue weighted by atomic mass is 16.5. The molecule has 1 rings (SSSR count). The van der Waals surface area contributed by atoms with Crippen molar-refractivity contribution in [2.75, 3.05) is 46.4 Å². The van der Waals surface area contributed by atoms with Crippen LogP contribution in [0.5, 0.6) is 0 Å². The number of likely N-dealkylation sites (tertiary alicyclic amines) is 1. The number of hydrogen-bond acceptors (Lipinski definition) is 4. The molecule has 1 fully saturated rings. The molecule has 5 nitrogen and oxygen atoms in total. The molecule has 1 atom stereocenters. The van der Waals surface area contributed by atoms with E-state index in [0.717, 1.165) is 39.1 Å². The summed E-state index contributed by atoms with van der Waals surface area (Å²) < 4.78 is 5.34.